The van der Waals surface area contributed by atoms with Crippen LogP contribution in [-0.4, -0.2) is 21.9 Å². The zero-order chi connectivity index (χ0) is 15.4. The average molecular weight is 288 g/mol. The van der Waals surface area contributed by atoms with Crippen LogP contribution < -0.4 is 11.1 Å². The number of anilines is 1. The molecule has 0 radical (unpaired) electrons. The first kappa shape index (κ1) is 14.4. The summed E-state index contributed by atoms with van der Waals surface area (Å²) in [5.41, 5.74) is 6.72. The Kier molecular flexibility index (Phi) is 4.13. The summed E-state index contributed by atoms with van der Waals surface area (Å²) >= 11 is 0. The van der Waals surface area contributed by atoms with Gasteiger partial charge in [-0.05, 0) is 36.8 Å². The van der Waals surface area contributed by atoms with Crippen molar-refractivity contribution in [2.24, 2.45) is 10.9 Å². The molecule has 0 saturated carbocycles. The third-order valence-corrected chi connectivity index (χ3v) is 2.84. The van der Waals surface area contributed by atoms with Crippen LogP contribution in [0.2, 0.25) is 0 Å². The number of carbonyl (C=O) groups is 1. The number of amides is 1. The molecule has 4 N–H and O–H groups in total. The molecule has 0 unspecified atom stereocenters. The first-order chi connectivity index (χ1) is 10.0. The molecule has 21 heavy (non-hydrogen) atoms. The Bertz CT molecular complexity index is 716. The number of aryl methyl sites for hydroxylation is 1. The summed E-state index contributed by atoms with van der Waals surface area (Å²) in [7, 11) is 0. The highest BCUT2D eigenvalue weighted by molar-refractivity contribution is 6.09. The van der Waals surface area contributed by atoms with E-state index in [1.165, 1.54) is 12.3 Å². The van der Waals surface area contributed by atoms with E-state index in [1.54, 1.807) is 19.1 Å². The maximum atomic E-state index is 13.3. The monoisotopic (exact) mass is 288 g/mol. The van der Waals surface area contributed by atoms with Gasteiger partial charge in [-0.1, -0.05) is 11.2 Å². The van der Waals surface area contributed by atoms with E-state index in [0.717, 1.165) is 12.1 Å². The highest BCUT2D eigenvalue weighted by Gasteiger charge is 2.15. The molecule has 7 heteroatoms. The molecule has 1 amide bonds. The minimum atomic E-state index is -0.566. The van der Waals surface area contributed by atoms with Crippen molar-refractivity contribution < 1.29 is 14.4 Å². The third-order valence-electron chi connectivity index (χ3n) is 2.84. The number of amidine groups is 1. The predicted octanol–water partition coefficient (Wildman–Crippen LogP) is 1.88. The maximum absolute atomic E-state index is 13.3. The number of benzene rings is 1. The highest BCUT2D eigenvalue weighted by Crippen LogP contribution is 2.18. The lowest BCUT2D eigenvalue weighted by molar-refractivity contribution is 0.102. The van der Waals surface area contributed by atoms with Crippen molar-refractivity contribution in [3.63, 3.8) is 0 Å². The number of nitrogens with one attached hydrogen (secondary N) is 1. The van der Waals surface area contributed by atoms with Crippen LogP contribution in [0.3, 0.4) is 0 Å². The van der Waals surface area contributed by atoms with Crippen LogP contribution >= 0.6 is 0 Å². The van der Waals surface area contributed by atoms with Crippen molar-refractivity contribution in [2.75, 3.05) is 5.32 Å². The van der Waals surface area contributed by atoms with Crippen molar-refractivity contribution in [3.8, 4) is 0 Å². The van der Waals surface area contributed by atoms with Gasteiger partial charge in [-0.3, -0.25) is 9.78 Å². The van der Waals surface area contributed by atoms with Crippen molar-refractivity contribution in [3.05, 3.63) is 59.2 Å². The van der Waals surface area contributed by atoms with Crippen LogP contribution in [0.25, 0.3) is 0 Å². The maximum Gasteiger partial charge on any atom is 0.274 e. The van der Waals surface area contributed by atoms with Crippen LogP contribution in [0.4, 0.5) is 10.1 Å². The second-order valence-corrected chi connectivity index (χ2v) is 4.30. The van der Waals surface area contributed by atoms with E-state index in [4.69, 9.17) is 10.9 Å². The highest BCUT2D eigenvalue weighted by atomic mass is 19.1. The Balaban J connectivity index is 2.36. The number of nitrogens with two attached hydrogens (primary N) is 1. The molecular weight excluding hydrogens is 275 g/mol. The standard InChI is InChI=1S/C14H13FN4O2/c1-8-3-2-6-17-12(8)14(20)18-11-5-4-9(15)7-10(11)13(16)19-21/h2-7,21H,1H3,(H2,16,19)(H,18,20). The Morgan fingerprint density at radius 2 is 2.19 bits per heavy atom. The van der Waals surface area contributed by atoms with E-state index in [0.29, 0.717) is 5.56 Å². The SMILES string of the molecule is Cc1cccnc1C(=O)Nc1ccc(F)cc1/C(N)=N/O. The number of halogens is 1. The first-order valence-corrected chi connectivity index (χ1v) is 6.03. The summed E-state index contributed by atoms with van der Waals surface area (Å²) in [5, 5.41) is 14.1. The molecule has 0 atom stereocenters. The molecule has 2 rings (SSSR count). The van der Waals surface area contributed by atoms with Crippen molar-refractivity contribution in [1.82, 2.24) is 4.98 Å². The quantitative estimate of drug-likeness (QED) is 0.347. The van der Waals surface area contributed by atoms with Crippen LogP contribution in [0, 0.1) is 12.7 Å². The fourth-order valence-corrected chi connectivity index (χ4v) is 1.80. The van der Waals surface area contributed by atoms with Crippen molar-refractivity contribution in [1.29, 1.82) is 0 Å². The second-order valence-electron chi connectivity index (χ2n) is 4.30. The summed E-state index contributed by atoms with van der Waals surface area (Å²) in [6, 6.07) is 7.02. The largest absolute Gasteiger partial charge is 0.409 e. The van der Waals surface area contributed by atoms with Gasteiger partial charge in [0.15, 0.2) is 5.84 Å². The molecule has 108 valence electrons. The first-order valence-electron chi connectivity index (χ1n) is 6.03. The molecule has 0 spiro atoms. The van der Waals surface area contributed by atoms with Gasteiger partial charge in [-0.25, -0.2) is 4.39 Å². The van der Waals surface area contributed by atoms with Gasteiger partial charge in [-0.15, -0.1) is 0 Å². The molecule has 1 heterocycles. The fraction of sp³-hybridized carbons (Fsp3) is 0.0714. The number of aromatic nitrogens is 1. The lowest BCUT2D eigenvalue weighted by Crippen LogP contribution is -2.20. The van der Waals surface area contributed by atoms with E-state index >= 15 is 0 Å². The normalized spacial score (nSPS) is 11.2. The molecule has 1 aromatic carbocycles. The van der Waals surface area contributed by atoms with Crippen LogP contribution in [0.1, 0.15) is 21.6 Å². The summed E-state index contributed by atoms with van der Waals surface area (Å²) < 4.78 is 13.3. The lowest BCUT2D eigenvalue weighted by atomic mass is 10.1. The summed E-state index contributed by atoms with van der Waals surface area (Å²) in [6.07, 6.45) is 1.50. The van der Waals surface area contributed by atoms with E-state index in [1.807, 2.05) is 0 Å². The Hall–Kier alpha value is -2.96. The number of rotatable bonds is 3. The molecule has 2 aromatic rings. The molecule has 0 aliphatic heterocycles. The topological polar surface area (TPSA) is 101 Å². The van der Waals surface area contributed by atoms with E-state index in [9.17, 15) is 9.18 Å². The number of hydrogen-bond donors (Lipinski definition) is 3. The van der Waals surface area contributed by atoms with Crippen LogP contribution in [-0.2, 0) is 0 Å². The van der Waals surface area contributed by atoms with Gasteiger partial charge in [-0.2, -0.15) is 0 Å². The van der Waals surface area contributed by atoms with Crippen molar-refractivity contribution >= 4 is 17.4 Å². The third kappa shape index (κ3) is 3.14. The number of carbonyl (C=O) groups excluding carboxylic acids is 1. The van der Waals surface area contributed by atoms with E-state index in [-0.39, 0.29) is 22.8 Å². The molecule has 0 saturated heterocycles. The molecule has 0 fully saturated rings. The lowest BCUT2D eigenvalue weighted by Gasteiger charge is -2.11. The Morgan fingerprint density at radius 1 is 1.43 bits per heavy atom. The smallest absolute Gasteiger partial charge is 0.274 e. The molecule has 0 bridgehead atoms. The van der Waals surface area contributed by atoms with Gasteiger partial charge in [0, 0.05) is 11.8 Å². The van der Waals surface area contributed by atoms with Gasteiger partial charge in [0.2, 0.25) is 0 Å². The van der Waals surface area contributed by atoms with Gasteiger partial charge in [0.25, 0.3) is 5.91 Å². The van der Waals surface area contributed by atoms with Crippen LogP contribution in [0.15, 0.2) is 41.7 Å². The molecule has 0 aliphatic rings. The van der Waals surface area contributed by atoms with Gasteiger partial charge in [0.1, 0.15) is 11.5 Å². The zero-order valence-electron chi connectivity index (χ0n) is 11.2. The minimum absolute atomic E-state index is 0.0828. The molecule has 6 nitrogen and oxygen atoms in total. The number of pyridine rings is 1. The summed E-state index contributed by atoms with van der Waals surface area (Å²) in [5.74, 6) is -1.34. The van der Waals surface area contributed by atoms with Gasteiger partial charge >= 0.3 is 0 Å². The molecule has 1 aromatic heterocycles. The Morgan fingerprint density at radius 3 is 2.86 bits per heavy atom. The van der Waals surface area contributed by atoms with Gasteiger partial charge < -0.3 is 16.3 Å². The fourth-order valence-electron chi connectivity index (χ4n) is 1.80. The molecular formula is C14H13FN4O2. The average Bonchev–Trinajstić information content (AvgIpc) is 2.48. The van der Waals surface area contributed by atoms with Crippen molar-refractivity contribution in [2.45, 2.75) is 6.92 Å². The second kappa shape index (κ2) is 6.00. The van der Waals surface area contributed by atoms with E-state index in [2.05, 4.69) is 15.5 Å². The minimum Gasteiger partial charge on any atom is -0.409 e. The summed E-state index contributed by atoms with van der Waals surface area (Å²) in [4.78, 5) is 16.2. The zero-order valence-corrected chi connectivity index (χ0v) is 11.2. The Labute approximate surface area is 120 Å². The van der Waals surface area contributed by atoms with E-state index < -0.39 is 11.7 Å². The number of oxime groups is 1. The predicted molar refractivity (Wildman–Crippen MR) is 75.8 cm³/mol. The van der Waals surface area contributed by atoms with Crippen LogP contribution in [0.5, 0.6) is 0 Å². The number of nitrogens with zero attached hydrogens (tertiary/aromatic N) is 2. The van der Waals surface area contributed by atoms with Gasteiger partial charge in [0.05, 0.1) is 5.69 Å². The molecule has 0 aliphatic carbocycles. The number of hydrogen-bond acceptors (Lipinski definition) is 4. The summed E-state index contributed by atoms with van der Waals surface area (Å²) in [6.45, 7) is 1.75.